The predicted molar refractivity (Wildman–Crippen MR) is 131 cm³/mol. The summed E-state index contributed by atoms with van der Waals surface area (Å²) in [5, 5.41) is 3.21. The van der Waals surface area contributed by atoms with Crippen molar-refractivity contribution in [3.8, 4) is 0 Å². The third-order valence-corrected chi connectivity index (χ3v) is 5.97. The SMILES string of the molecule is CN1CCN(C(=O)Cc2cccc(Cc3ncc(C(N)=O)c(NCc4ccccc4)n3)c2)CC1. The maximum Gasteiger partial charge on any atom is 0.254 e. The Morgan fingerprint density at radius 2 is 1.68 bits per heavy atom. The maximum atomic E-state index is 12.7. The van der Waals surface area contributed by atoms with Gasteiger partial charge in [-0.3, -0.25) is 9.59 Å². The van der Waals surface area contributed by atoms with Crippen molar-refractivity contribution >= 4 is 17.6 Å². The van der Waals surface area contributed by atoms with Crippen LogP contribution in [-0.4, -0.2) is 64.8 Å². The van der Waals surface area contributed by atoms with E-state index < -0.39 is 5.91 Å². The third kappa shape index (κ3) is 6.17. The van der Waals surface area contributed by atoms with Crippen molar-refractivity contribution in [1.82, 2.24) is 19.8 Å². The Balaban J connectivity index is 1.44. The van der Waals surface area contributed by atoms with Crippen molar-refractivity contribution in [2.45, 2.75) is 19.4 Å². The molecule has 176 valence electrons. The van der Waals surface area contributed by atoms with E-state index in [2.05, 4.69) is 27.2 Å². The highest BCUT2D eigenvalue weighted by Gasteiger charge is 2.19. The zero-order valence-corrected chi connectivity index (χ0v) is 19.4. The first-order valence-corrected chi connectivity index (χ1v) is 11.5. The van der Waals surface area contributed by atoms with Gasteiger partial charge in [0.25, 0.3) is 5.91 Å². The van der Waals surface area contributed by atoms with Crippen molar-refractivity contribution < 1.29 is 9.59 Å². The zero-order chi connectivity index (χ0) is 23.9. The maximum absolute atomic E-state index is 12.7. The van der Waals surface area contributed by atoms with Crippen LogP contribution < -0.4 is 11.1 Å². The Morgan fingerprint density at radius 3 is 2.41 bits per heavy atom. The molecule has 8 nitrogen and oxygen atoms in total. The van der Waals surface area contributed by atoms with Crippen LogP contribution in [0.4, 0.5) is 5.82 Å². The average Bonchev–Trinajstić information content (AvgIpc) is 2.84. The fraction of sp³-hybridized carbons (Fsp3) is 0.308. The molecule has 1 saturated heterocycles. The van der Waals surface area contributed by atoms with Crippen LogP contribution in [0, 0.1) is 0 Å². The van der Waals surface area contributed by atoms with Gasteiger partial charge in [-0.15, -0.1) is 0 Å². The van der Waals surface area contributed by atoms with Gasteiger partial charge in [0.1, 0.15) is 11.6 Å². The van der Waals surface area contributed by atoms with Crippen LogP contribution in [-0.2, 0) is 24.2 Å². The molecule has 4 rings (SSSR count). The number of piperazine rings is 1. The summed E-state index contributed by atoms with van der Waals surface area (Å²) < 4.78 is 0. The van der Waals surface area contributed by atoms with E-state index in [0.717, 1.165) is 42.9 Å². The Kier molecular flexibility index (Phi) is 7.49. The highest BCUT2D eigenvalue weighted by molar-refractivity contribution is 5.97. The van der Waals surface area contributed by atoms with Crippen LogP contribution >= 0.6 is 0 Å². The molecule has 2 heterocycles. The number of anilines is 1. The number of primary amides is 1. The molecule has 0 radical (unpaired) electrons. The molecule has 8 heteroatoms. The van der Waals surface area contributed by atoms with Gasteiger partial charge in [-0.25, -0.2) is 9.97 Å². The molecule has 3 aromatic rings. The summed E-state index contributed by atoms with van der Waals surface area (Å²) in [6.07, 6.45) is 2.33. The van der Waals surface area contributed by atoms with Gasteiger partial charge in [0.2, 0.25) is 5.91 Å². The lowest BCUT2D eigenvalue weighted by Crippen LogP contribution is -2.47. The topological polar surface area (TPSA) is 104 Å². The van der Waals surface area contributed by atoms with E-state index in [0.29, 0.717) is 31.0 Å². The highest BCUT2D eigenvalue weighted by atomic mass is 16.2. The second-order valence-electron chi connectivity index (χ2n) is 8.61. The molecule has 0 aliphatic carbocycles. The molecule has 0 bridgehead atoms. The first-order chi connectivity index (χ1) is 16.5. The van der Waals surface area contributed by atoms with E-state index >= 15 is 0 Å². The average molecular weight is 459 g/mol. The van der Waals surface area contributed by atoms with Gasteiger partial charge in [0.15, 0.2) is 0 Å². The number of hydrogen-bond acceptors (Lipinski definition) is 6. The summed E-state index contributed by atoms with van der Waals surface area (Å²) >= 11 is 0. The Labute approximate surface area is 199 Å². The predicted octanol–water partition coefficient (Wildman–Crippen LogP) is 2.09. The molecule has 0 spiro atoms. The first-order valence-electron chi connectivity index (χ1n) is 11.5. The summed E-state index contributed by atoms with van der Waals surface area (Å²) in [5.41, 5.74) is 8.82. The van der Waals surface area contributed by atoms with Gasteiger partial charge in [-0.1, -0.05) is 54.6 Å². The van der Waals surface area contributed by atoms with Crippen LogP contribution in [0.2, 0.25) is 0 Å². The molecule has 0 unspecified atom stereocenters. The second kappa shape index (κ2) is 10.9. The van der Waals surface area contributed by atoms with E-state index in [1.165, 1.54) is 6.20 Å². The number of nitrogens with two attached hydrogens (primary N) is 1. The van der Waals surface area contributed by atoms with Gasteiger partial charge in [0, 0.05) is 45.3 Å². The Bertz CT molecular complexity index is 1140. The number of rotatable bonds is 8. The number of benzene rings is 2. The van der Waals surface area contributed by atoms with Crippen LogP contribution in [0.3, 0.4) is 0 Å². The van der Waals surface area contributed by atoms with E-state index in [9.17, 15) is 9.59 Å². The molecule has 3 N–H and O–H groups in total. The molecule has 2 aromatic carbocycles. The standard InChI is InChI=1S/C26H30N6O2/c1-31-10-12-32(13-11-31)24(33)16-21-9-5-8-20(14-21)15-23-28-18-22(25(27)34)26(30-23)29-17-19-6-3-2-4-7-19/h2-9,14,18H,10-13,15-17H2,1H3,(H2,27,34)(H,28,29,30). The van der Waals surface area contributed by atoms with Crippen molar-refractivity contribution in [3.63, 3.8) is 0 Å². The largest absolute Gasteiger partial charge is 0.365 e. The number of aromatic nitrogens is 2. The minimum Gasteiger partial charge on any atom is -0.365 e. The molecule has 1 aromatic heterocycles. The van der Waals surface area contributed by atoms with Crippen molar-refractivity contribution in [1.29, 1.82) is 0 Å². The smallest absolute Gasteiger partial charge is 0.254 e. The minimum absolute atomic E-state index is 0.153. The van der Waals surface area contributed by atoms with E-state index in [1.807, 2.05) is 59.5 Å². The van der Waals surface area contributed by atoms with Gasteiger partial charge in [-0.2, -0.15) is 0 Å². The minimum atomic E-state index is -0.577. The normalized spacial score (nSPS) is 14.1. The Morgan fingerprint density at radius 1 is 0.971 bits per heavy atom. The van der Waals surface area contributed by atoms with Crippen molar-refractivity contribution in [2.24, 2.45) is 5.73 Å². The number of carbonyl (C=O) groups excluding carboxylic acids is 2. The quantitative estimate of drug-likeness (QED) is 0.536. The lowest BCUT2D eigenvalue weighted by atomic mass is 10.0. The van der Waals surface area contributed by atoms with Crippen LogP contribution in [0.25, 0.3) is 0 Å². The molecule has 1 aliphatic rings. The number of hydrogen-bond donors (Lipinski definition) is 2. The molecule has 1 aliphatic heterocycles. The molecule has 1 fully saturated rings. The summed E-state index contributed by atoms with van der Waals surface area (Å²) in [4.78, 5) is 37.7. The molecule has 0 saturated carbocycles. The zero-order valence-electron chi connectivity index (χ0n) is 19.4. The second-order valence-corrected chi connectivity index (χ2v) is 8.61. The molecular weight excluding hydrogens is 428 g/mol. The van der Waals surface area contributed by atoms with Crippen LogP contribution in [0.1, 0.15) is 32.9 Å². The number of likely N-dealkylation sites (N-methyl/N-ethyl adjacent to an activating group) is 1. The molecule has 34 heavy (non-hydrogen) atoms. The van der Waals surface area contributed by atoms with Crippen LogP contribution in [0.15, 0.2) is 60.8 Å². The lowest BCUT2D eigenvalue weighted by Gasteiger charge is -2.32. The summed E-state index contributed by atoms with van der Waals surface area (Å²) in [7, 11) is 2.08. The molecule has 0 atom stereocenters. The van der Waals surface area contributed by atoms with Crippen molar-refractivity contribution in [2.75, 3.05) is 38.5 Å². The van der Waals surface area contributed by atoms with Gasteiger partial charge >= 0.3 is 0 Å². The fourth-order valence-electron chi connectivity index (χ4n) is 3.97. The number of amides is 2. The van der Waals surface area contributed by atoms with Gasteiger partial charge in [-0.05, 0) is 23.7 Å². The summed E-state index contributed by atoms with van der Waals surface area (Å²) in [6.45, 7) is 3.87. The fourth-order valence-corrected chi connectivity index (χ4v) is 3.97. The van der Waals surface area contributed by atoms with Crippen LogP contribution in [0.5, 0.6) is 0 Å². The molecular formula is C26H30N6O2. The number of nitrogens with one attached hydrogen (secondary N) is 1. The van der Waals surface area contributed by atoms with E-state index in [1.54, 1.807) is 0 Å². The van der Waals surface area contributed by atoms with E-state index in [-0.39, 0.29) is 11.5 Å². The van der Waals surface area contributed by atoms with Gasteiger partial charge in [0.05, 0.1) is 12.0 Å². The lowest BCUT2D eigenvalue weighted by molar-refractivity contribution is -0.132. The monoisotopic (exact) mass is 458 g/mol. The Hall–Kier alpha value is -3.78. The van der Waals surface area contributed by atoms with Gasteiger partial charge < -0.3 is 20.9 Å². The highest BCUT2D eigenvalue weighted by Crippen LogP contribution is 2.16. The number of carbonyl (C=O) groups is 2. The summed E-state index contributed by atoms with van der Waals surface area (Å²) in [5.74, 6) is 0.567. The third-order valence-electron chi connectivity index (χ3n) is 5.97. The summed E-state index contributed by atoms with van der Waals surface area (Å²) in [6, 6.07) is 17.8. The van der Waals surface area contributed by atoms with E-state index in [4.69, 9.17) is 5.73 Å². The molecule has 2 amide bonds. The van der Waals surface area contributed by atoms with Crippen molar-refractivity contribution in [3.05, 3.63) is 88.9 Å². The first kappa shape index (κ1) is 23.4. The number of nitrogens with zero attached hydrogens (tertiary/aromatic N) is 4.